The van der Waals surface area contributed by atoms with Crippen molar-refractivity contribution in [2.75, 3.05) is 20.3 Å². The summed E-state index contributed by atoms with van der Waals surface area (Å²) < 4.78 is 31.8. The van der Waals surface area contributed by atoms with Crippen molar-refractivity contribution in [2.45, 2.75) is 45.1 Å². The van der Waals surface area contributed by atoms with Crippen LogP contribution >= 0.6 is 0 Å². The van der Waals surface area contributed by atoms with Crippen molar-refractivity contribution in [1.82, 2.24) is 14.8 Å². The van der Waals surface area contributed by atoms with Gasteiger partial charge in [0.1, 0.15) is 18.5 Å². The standard InChI is InChI=1S/C18H27FN4O5Si/c1-18(2,3)29(5,6)28-12-13(19)11-27-17-15(23(24)25)10-22(21-17)14-8-7-9-20-16(14)26-4/h7-10,13H,11-12H2,1-6H3. The van der Waals surface area contributed by atoms with Gasteiger partial charge in [-0.1, -0.05) is 20.8 Å². The van der Waals surface area contributed by atoms with E-state index in [9.17, 15) is 14.5 Å². The van der Waals surface area contributed by atoms with E-state index in [4.69, 9.17) is 13.9 Å². The zero-order chi connectivity index (χ0) is 21.8. The van der Waals surface area contributed by atoms with Gasteiger partial charge in [0.15, 0.2) is 14.5 Å². The summed E-state index contributed by atoms with van der Waals surface area (Å²) in [7, 11) is -0.672. The van der Waals surface area contributed by atoms with Crippen LogP contribution in [-0.2, 0) is 4.43 Å². The molecule has 0 fully saturated rings. The average Bonchev–Trinajstić information content (AvgIpc) is 3.08. The van der Waals surface area contributed by atoms with Crippen LogP contribution in [0.1, 0.15) is 20.8 Å². The fourth-order valence-corrected chi connectivity index (χ4v) is 3.18. The third kappa shape index (κ3) is 5.51. The summed E-state index contributed by atoms with van der Waals surface area (Å²) >= 11 is 0. The number of halogens is 1. The largest absolute Gasteiger partial charge is 0.479 e. The number of alkyl halides is 1. The minimum Gasteiger partial charge on any atom is -0.479 e. The van der Waals surface area contributed by atoms with E-state index >= 15 is 0 Å². The average molecular weight is 427 g/mol. The predicted molar refractivity (Wildman–Crippen MR) is 108 cm³/mol. The van der Waals surface area contributed by atoms with Crippen molar-refractivity contribution in [2.24, 2.45) is 0 Å². The molecule has 2 heterocycles. The molecule has 160 valence electrons. The van der Waals surface area contributed by atoms with Crippen molar-refractivity contribution < 1.29 is 23.2 Å². The van der Waals surface area contributed by atoms with Gasteiger partial charge < -0.3 is 13.9 Å². The summed E-state index contributed by atoms with van der Waals surface area (Å²) in [5.41, 5.74) is 0.0134. The highest BCUT2D eigenvalue weighted by molar-refractivity contribution is 6.74. The summed E-state index contributed by atoms with van der Waals surface area (Å²) in [5, 5.41) is 15.4. The summed E-state index contributed by atoms with van der Waals surface area (Å²) in [6.07, 6.45) is 1.25. The molecule has 9 nitrogen and oxygen atoms in total. The third-order valence-corrected chi connectivity index (χ3v) is 9.38. The Balaban J connectivity index is 2.11. The number of rotatable bonds is 9. The Morgan fingerprint density at radius 2 is 2.00 bits per heavy atom. The molecule has 0 saturated carbocycles. The molecule has 0 spiro atoms. The molecule has 29 heavy (non-hydrogen) atoms. The Kier molecular flexibility index (Phi) is 6.96. The molecule has 2 rings (SSSR count). The molecule has 0 aliphatic rings. The fourth-order valence-electron chi connectivity index (χ4n) is 2.15. The Bertz CT molecular complexity index is 853. The van der Waals surface area contributed by atoms with Crippen molar-refractivity contribution >= 4 is 14.0 Å². The lowest BCUT2D eigenvalue weighted by atomic mass is 10.2. The van der Waals surface area contributed by atoms with Crippen LogP contribution in [0.4, 0.5) is 10.1 Å². The molecule has 0 aliphatic heterocycles. The Labute approximate surface area is 170 Å². The molecule has 0 bridgehead atoms. The van der Waals surface area contributed by atoms with E-state index in [0.29, 0.717) is 5.69 Å². The lowest BCUT2D eigenvalue weighted by molar-refractivity contribution is -0.386. The third-order valence-electron chi connectivity index (χ3n) is 4.88. The van der Waals surface area contributed by atoms with Crippen LogP contribution in [0.2, 0.25) is 18.1 Å². The van der Waals surface area contributed by atoms with E-state index in [1.54, 1.807) is 12.1 Å². The number of pyridine rings is 1. The molecule has 2 aromatic heterocycles. The van der Waals surface area contributed by atoms with Crippen molar-refractivity contribution in [3.63, 3.8) is 0 Å². The summed E-state index contributed by atoms with van der Waals surface area (Å²) in [6.45, 7) is 9.68. The number of aromatic nitrogens is 3. The van der Waals surface area contributed by atoms with Gasteiger partial charge in [0.25, 0.3) is 0 Å². The van der Waals surface area contributed by atoms with E-state index in [1.165, 1.54) is 24.2 Å². The van der Waals surface area contributed by atoms with Crippen LogP contribution in [0.25, 0.3) is 5.69 Å². The Hall–Kier alpha value is -2.53. The highest BCUT2D eigenvalue weighted by Crippen LogP contribution is 2.36. The first-order valence-corrected chi connectivity index (χ1v) is 12.0. The van der Waals surface area contributed by atoms with Gasteiger partial charge in [0.05, 0.1) is 18.6 Å². The van der Waals surface area contributed by atoms with Gasteiger partial charge in [0.2, 0.25) is 5.88 Å². The molecular weight excluding hydrogens is 399 g/mol. The quantitative estimate of drug-likeness (QED) is 0.340. The van der Waals surface area contributed by atoms with Gasteiger partial charge in [-0.15, -0.1) is 5.10 Å². The highest BCUT2D eigenvalue weighted by atomic mass is 28.4. The fraction of sp³-hybridized carbons (Fsp3) is 0.556. The van der Waals surface area contributed by atoms with Crippen LogP contribution in [-0.4, -0.2) is 54.5 Å². The summed E-state index contributed by atoms with van der Waals surface area (Å²) in [5.74, 6) is -0.0431. The number of hydrogen-bond acceptors (Lipinski definition) is 7. The molecule has 0 N–H and O–H groups in total. The minimum atomic E-state index is -2.10. The van der Waals surface area contributed by atoms with E-state index in [1.807, 2.05) is 13.1 Å². The molecule has 1 unspecified atom stereocenters. The molecule has 0 aromatic carbocycles. The molecule has 11 heteroatoms. The van der Waals surface area contributed by atoms with E-state index in [-0.39, 0.29) is 29.1 Å². The van der Waals surface area contributed by atoms with Gasteiger partial charge >= 0.3 is 11.6 Å². The van der Waals surface area contributed by atoms with Crippen molar-refractivity contribution in [3.05, 3.63) is 34.6 Å². The molecule has 0 amide bonds. The Morgan fingerprint density at radius 1 is 1.31 bits per heavy atom. The maximum Gasteiger partial charge on any atom is 0.350 e. The van der Waals surface area contributed by atoms with Crippen molar-refractivity contribution in [3.8, 4) is 17.4 Å². The zero-order valence-corrected chi connectivity index (χ0v) is 18.5. The monoisotopic (exact) mass is 426 g/mol. The predicted octanol–water partition coefficient (Wildman–Crippen LogP) is 3.92. The van der Waals surface area contributed by atoms with Gasteiger partial charge in [-0.05, 0) is 30.3 Å². The number of nitro groups is 1. The van der Waals surface area contributed by atoms with Crippen LogP contribution in [0.3, 0.4) is 0 Å². The molecule has 0 saturated heterocycles. The normalized spacial score (nSPS) is 13.2. The van der Waals surface area contributed by atoms with Gasteiger partial charge in [0, 0.05) is 6.20 Å². The van der Waals surface area contributed by atoms with Crippen LogP contribution < -0.4 is 9.47 Å². The number of methoxy groups -OCH3 is 1. The first-order valence-electron chi connectivity index (χ1n) is 9.10. The lowest BCUT2D eigenvalue weighted by Crippen LogP contribution is -2.42. The summed E-state index contributed by atoms with van der Waals surface area (Å²) in [4.78, 5) is 14.7. The second kappa shape index (κ2) is 8.87. The van der Waals surface area contributed by atoms with Gasteiger partial charge in [-0.2, -0.15) is 0 Å². The second-order valence-electron chi connectivity index (χ2n) is 8.03. The highest BCUT2D eigenvalue weighted by Gasteiger charge is 2.37. The second-order valence-corrected chi connectivity index (χ2v) is 12.8. The van der Waals surface area contributed by atoms with E-state index < -0.39 is 26.0 Å². The molecule has 1 atom stereocenters. The smallest absolute Gasteiger partial charge is 0.350 e. The van der Waals surface area contributed by atoms with Crippen LogP contribution in [0.15, 0.2) is 24.5 Å². The van der Waals surface area contributed by atoms with E-state index in [2.05, 4.69) is 30.9 Å². The number of hydrogen-bond donors (Lipinski definition) is 0. The summed E-state index contributed by atoms with van der Waals surface area (Å²) in [6, 6.07) is 3.28. The molecule has 0 aliphatic carbocycles. The Morgan fingerprint density at radius 3 is 2.59 bits per heavy atom. The SMILES string of the molecule is COc1ncccc1-n1cc([N+](=O)[O-])c(OCC(F)CO[Si](C)(C)C(C)(C)C)n1. The zero-order valence-electron chi connectivity index (χ0n) is 17.5. The topological polar surface area (TPSA) is 102 Å². The first kappa shape index (κ1) is 22.8. The van der Waals surface area contributed by atoms with Gasteiger partial charge in [-0.25, -0.2) is 14.1 Å². The van der Waals surface area contributed by atoms with Crippen LogP contribution in [0, 0.1) is 10.1 Å². The molecule has 2 aromatic rings. The van der Waals surface area contributed by atoms with E-state index in [0.717, 1.165) is 0 Å². The number of ether oxygens (including phenoxy) is 2. The minimum absolute atomic E-state index is 0.0477. The maximum atomic E-state index is 14.3. The first-order chi connectivity index (χ1) is 13.5. The maximum absolute atomic E-state index is 14.3. The molecular formula is C18H27FN4O5Si. The lowest BCUT2D eigenvalue weighted by Gasteiger charge is -2.36. The van der Waals surface area contributed by atoms with Crippen molar-refractivity contribution in [1.29, 1.82) is 0 Å². The molecule has 0 radical (unpaired) electrons. The van der Waals surface area contributed by atoms with Crippen LogP contribution in [0.5, 0.6) is 11.8 Å². The van der Waals surface area contributed by atoms with Gasteiger partial charge in [-0.3, -0.25) is 10.1 Å². The number of nitrogens with zero attached hydrogens (tertiary/aromatic N) is 4.